The van der Waals surface area contributed by atoms with Crippen molar-refractivity contribution in [1.82, 2.24) is 4.90 Å². The summed E-state index contributed by atoms with van der Waals surface area (Å²) in [6, 6.07) is 6.37. The molecule has 1 aliphatic rings. The number of hydrogen-bond donors (Lipinski definition) is 2. The van der Waals surface area contributed by atoms with Gasteiger partial charge in [0.25, 0.3) is 0 Å². The average Bonchev–Trinajstić information content (AvgIpc) is 2.40. The van der Waals surface area contributed by atoms with Crippen LogP contribution in [0.2, 0.25) is 0 Å². The van der Waals surface area contributed by atoms with Crippen molar-refractivity contribution in [2.75, 3.05) is 38.2 Å². The molecule has 0 aliphatic carbocycles. The molecule has 0 saturated carbocycles. The van der Waals surface area contributed by atoms with E-state index in [9.17, 15) is 9.59 Å². The van der Waals surface area contributed by atoms with Gasteiger partial charge in [0.15, 0.2) is 0 Å². The lowest BCUT2D eigenvalue weighted by molar-refractivity contribution is -0.118. The summed E-state index contributed by atoms with van der Waals surface area (Å²) in [5.74, 6) is -1.27. The fraction of sp³-hybridized carbons (Fsp3) is 0.385. The van der Waals surface area contributed by atoms with E-state index in [1.165, 1.54) is 6.07 Å². The Bertz CT molecular complexity index is 469. The highest BCUT2D eigenvalue weighted by Gasteiger charge is 2.16. The van der Waals surface area contributed by atoms with Gasteiger partial charge in [0.1, 0.15) is 0 Å². The number of anilines is 1. The molecule has 0 aromatic heterocycles. The Morgan fingerprint density at radius 1 is 1.26 bits per heavy atom. The highest BCUT2D eigenvalue weighted by atomic mass is 16.5. The molecule has 1 amide bonds. The van der Waals surface area contributed by atoms with Crippen molar-refractivity contribution in [2.24, 2.45) is 0 Å². The normalized spacial score (nSPS) is 16.0. The molecule has 6 heteroatoms. The molecule has 1 aromatic carbocycles. The summed E-state index contributed by atoms with van der Waals surface area (Å²) >= 11 is 0. The van der Waals surface area contributed by atoms with Crippen molar-refractivity contribution >= 4 is 17.6 Å². The first-order chi connectivity index (χ1) is 9.16. The van der Waals surface area contributed by atoms with Crippen molar-refractivity contribution < 1.29 is 19.4 Å². The molecule has 1 fully saturated rings. The van der Waals surface area contributed by atoms with Crippen molar-refractivity contribution in [2.45, 2.75) is 0 Å². The number of amides is 1. The van der Waals surface area contributed by atoms with Gasteiger partial charge in [-0.3, -0.25) is 9.69 Å². The molecule has 0 bridgehead atoms. The van der Waals surface area contributed by atoms with Crippen LogP contribution in [0, 0.1) is 0 Å². The maximum Gasteiger partial charge on any atom is 0.337 e. The lowest BCUT2D eigenvalue weighted by atomic mass is 10.2. The molecule has 102 valence electrons. The van der Waals surface area contributed by atoms with Crippen molar-refractivity contribution in [3.05, 3.63) is 29.8 Å². The summed E-state index contributed by atoms with van der Waals surface area (Å²) in [7, 11) is 0. The molecule has 2 rings (SSSR count). The van der Waals surface area contributed by atoms with Gasteiger partial charge in [-0.05, 0) is 12.1 Å². The summed E-state index contributed by atoms with van der Waals surface area (Å²) in [5, 5.41) is 11.7. The summed E-state index contributed by atoms with van der Waals surface area (Å²) in [5.41, 5.74) is 0.422. The van der Waals surface area contributed by atoms with Crippen LogP contribution in [-0.4, -0.2) is 54.7 Å². The second kappa shape index (κ2) is 6.31. The van der Waals surface area contributed by atoms with Gasteiger partial charge >= 0.3 is 5.97 Å². The zero-order chi connectivity index (χ0) is 13.7. The highest BCUT2D eigenvalue weighted by molar-refractivity contribution is 6.01. The van der Waals surface area contributed by atoms with Crippen LogP contribution < -0.4 is 5.32 Å². The number of carbonyl (C=O) groups is 2. The Kier molecular flexibility index (Phi) is 4.48. The third-order valence-electron chi connectivity index (χ3n) is 2.90. The van der Waals surface area contributed by atoms with Crippen molar-refractivity contribution in [3.8, 4) is 0 Å². The van der Waals surface area contributed by atoms with Gasteiger partial charge in [0.2, 0.25) is 5.91 Å². The molecular formula is C13H16N2O4. The minimum Gasteiger partial charge on any atom is -0.478 e. The van der Waals surface area contributed by atoms with Crippen LogP contribution in [0.15, 0.2) is 24.3 Å². The molecule has 0 atom stereocenters. The van der Waals surface area contributed by atoms with E-state index in [4.69, 9.17) is 9.84 Å². The Morgan fingerprint density at radius 2 is 1.95 bits per heavy atom. The van der Waals surface area contributed by atoms with Crippen LogP contribution in [0.1, 0.15) is 10.4 Å². The third-order valence-corrected chi connectivity index (χ3v) is 2.90. The number of nitrogens with one attached hydrogen (secondary N) is 1. The first-order valence-corrected chi connectivity index (χ1v) is 6.09. The maximum absolute atomic E-state index is 11.9. The Hall–Kier alpha value is -1.92. The monoisotopic (exact) mass is 264 g/mol. The number of nitrogens with zero attached hydrogens (tertiary/aromatic N) is 1. The number of ether oxygens (including phenoxy) is 1. The van der Waals surface area contributed by atoms with Gasteiger partial charge in [-0.2, -0.15) is 0 Å². The van der Waals surface area contributed by atoms with Gasteiger partial charge in [0.05, 0.1) is 31.0 Å². The fourth-order valence-corrected chi connectivity index (χ4v) is 1.93. The van der Waals surface area contributed by atoms with E-state index in [1.807, 2.05) is 4.90 Å². The highest BCUT2D eigenvalue weighted by Crippen LogP contribution is 2.14. The summed E-state index contributed by atoms with van der Waals surface area (Å²) in [6.45, 7) is 2.93. The quantitative estimate of drug-likeness (QED) is 0.835. The molecule has 19 heavy (non-hydrogen) atoms. The molecule has 1 heterocycles. The Balaban J connectivity index is 1.96. The van der Waals surface area contributed by atoms with E-state index in [0.29, 0.717) is 32.0 Å². The molecule has 0 unspecified atom stereocenters. The second-order valence-corrected chi connectivity index (χ2v) is 4.29. The van der Waals surface area contributed by atoms with E-state index in [2.05, 4.69) is 5.32 Å². The van der Waals surface area contributed by atoms with Crippen LogP contribution in [0.5, 0.6) is 0 Å². The number of benzene rings is 1. The minimum atomic E-state index is -1.05. The molecule has 1 saturated heterocycles. The number of carbonyl (C=O) groups excluding carboxylic acids is 1. The molecular weight excluding hydrogens is 248 g/mol. The van der Waals surface area contributed by atoms with Crippen LogP contribution in [0.3, 0.4) is 0 Å². The van der Waals surface area contributed by atoms with Crippen LogP contribution in [0.25, 0.3) is 0 Å². The number of para-hydroxylation sites is 1. The second-order valence-electron chi connectivity index (χ2n) is 4.29. The number of carboxylic acids is 1. The smallest absolute Gasteiger partial charge is 0.337 e. The Morgan fingerprint density at radius 3 is 2.63 bits per heavy atom. The summed E-state index contributed by atoms with van der Waals surface area (Å²) < 4.78 is 5.20. The SMILES string of the molecule is O=C(CN1CCOCC1)Nc1ccccc1C(=O)O. The van der Waals surface area contributed by atoms with Crippen LogP contribution in [-0.2, 0) is 9.53 Å². The lowest BCUT2D eigenvalue weighted by Gasteiger charge is -2.25. The summed E-state index contributed by atoms with van der Waals surface area (Å²) in [4.78, 5) is 24.9. The number of aromatic carboxylic acids is 1. The zero-order valence-electron chi connectivity index (χ0n) is 10.5. The van der Waals surface area contributed by atoms with Gasteiger partial charge in [-0.25, -0.2) is 4.79 Å². The van der Waals surface area contributed by atoms with Gasteiger partial charge in [0, 0.05) is 13.1 Å². The minimum absolute atomic E-state index is 0.0952. The molecule has 1 aromatic rings. The predicted molar refractivity (Wildman–Crippen MR) is 69.3 cm³/mol. The van der Waals surface area contributed by atoms with E-state index >= 15 is 0 Å². The number of carboxylic acid groups (broad SMARTS) is 1. The van der Waals surface area contributed by atoms with Gasteiger partial charge in [-0.15, -0.1) is 0 Å². The molecule has 1 aliphatic heterocycles. The van der Waals surface area contributed by atoms with E-state index in [1.54, 1.807) is 18.2 Å². The number of morpholine rings is 1. The fourth-order valence-electron chi connectivity index (χ4n) is 1.93. The largest absolute Gasteiger partial charge is 0.478 e. The predicted octanol–water partition coefficient (Wildman–Crippen LogP) is 0.655. The first kappa shape index (κ1) is 13.5. The van der Waals surface area contributed by atoms with Gasteiger partial charge in [-0.1, -0.05) is 12.1 Å². The summed E-state index contributed by atoms with van der Waals surface area (Å²) in [6.07, 6.45) is 0. The zero-order valence-corrected chi connectivity index (χ0v) is 10.5. The van der Waals surface area contributed by atoms with Crippen molar-refractivity contribution in [3.63, 3.8) is 0 Å². The number of hydrogen-bond acceptors (Lipinski definition) is 4. The van der Waals surface area contributed by atoms with Crippen LogP contribution >= 0.6 is 0 Å². The van der Waals surface area contributed by atoms with Gasteiger partial charge < -0.3 is 15.2 Å². The molecule has 2 N–H and O–H groups in total. The first-order valence-electron chi connectivity index (χ1n) is 6.09. The van der Waals surface area contributed by atoms with E-state index < -0.39 is 5.97 Å². The average molecular weight is 264 g/mol. The van der Waals surface area contributed by atoms with E-state index in [0.717, 1.165) is 0 Å². The molecule has 0 radical (unpaired) electrons. The Labute approximate surface area is 111 Å². The number of rotatable bonds is 4. The maximum atomic E-state index is 11.9. The standard InChI is InChI=1S/C13H16N2O4/c16-12(9-15-5-7-19-8-6-15)14-11-4-2-1-3-10(11)13(17)18/h1-4H,5-9H2,(H,14,16)(H,17,18). The molecule has 6 nitrogen and oxygen atoms in total. The topological polar surface area (TPSA) is 78.9 Å². The molecule has 0 spiro atoms. The van der Waals surface area contributed by atoms with Crippen LogP contribution in [0.4, 0.5) is 5.69 Å². The lowest BCUT2D eigenvalue weighted by Crippen LogP contribution is -2.41. The van der Waals surface area contributed by atoms with E-state index in [-0.39, 0.29) is 18.0 Å². The van der Waals surface area contributed by atoms with Crippen molar-refractivity contribution in [1.29, 1.82) is 0 Å². The third kappa shape index (κ3) is 3.77.